The van der Waals surface area contributed by atoms with Gasteiger partial charge in [-0.05, 0) is 64.7 Å². The summed E-state index contributed by atoms with van der Waals surface area (Å²) in [6, 6.07) is 0.617. The third-order valence-corrected chi connectivity index (χ3v) is 10.5. The van der Waals surface area contributed by atoms with Crippen molar-refractivity contribution in [2.75, 3.05) is 13.2 Å². The maximum atomic E-state index is 13.9. The number of aliphatic hydroxyl groups excluding tert-OH is 1. The molecule has 0 aromatic rings. The van der Waals surface area contributed by atoms with Crippen molar-refractivity contribution in [1.29, 1.82) is 0 Å². The van der Waals surface area contributed by atoms with Crippen molar-refractivity contribution in [1.82, 2.24) is 21.1 Å². The number of fused-ring (bicyclic) bond motifs is 3. The Morgan fingerprint density at radius 3 is 2.51 bits per heavy atom. The van der Waals surface area contributed by atoms with Gasteiger partial charge in [-0.2, -0.15) is 0 Å². The summed E-state index contributed by atoms with van der Waals surface area (Å²) in [5.74, 6) is -0.364. The van der Waals surface area contributed by atoms with Gasteiger partial charge in [0.25, 0.3) is 0 Å². The fraction of sp³-hybridized carbons (Fsp3) is 0.926. The molecule has 6 unspecified atom stereocenters. The van der Waals surface area contributed by atoms with E-state index in [9.17, 15) is 19.1 Å². The summed E-state index contributed by atoms with van der Waals surface area (Å²) in [5, 5.41) is 19.4. The zero-order valence-corrected chi connectivity index (χ0v) is 22.8. The van der Waals surface area contributed by atoms with Gasteiger partial charge in [0.2, 0.25) is 11.8 Å². The van der Waals surface area contributed by atoms with Crippen molar-refractivity contribution >= 4 is 23.4 Å². The number of rotatable bonds is 7. The second-order valence-electron chi connectivity index (χ2n) is 12.4. The molecule has 2 bridgehead atoms. The summed E-state index contributed by atoms with van der Waals surface area (Å²) in [6.07, 6.45) is 8.55. The van der Waals surface area contributed by atoms with Gasteiger partial charge in [0.15, 0.2) is 0 Å². The first-order valence-corrected chi connectivity index (χ1v) is 14.9. The van der Waals surface area contributed by atoms with Gasteiger partial charge in [-0.3, -0.25) is 15.0 Å². The SMILES string of the molecule is CC1C(C(=O)NC23CCC(NC(=O)COC4CCC(Cl)C(F)C4)(CC2)CC3O)CNN1C1CCCCC1. The standard InChI is InChI=1S/C27H44ClFN4O4/c1-17-20(15-30-33(17)18-5-3-2-4-6-18)25(36)32-27-11-9-26(10-12-27,14-23(27)34)31-24(35)16-37-19-7-8-21(28)22(29)13-19/h17-23,30,34H,2-16H2,1H3,(H,31,35)(H,32,36). The molecule has 0 aromatic carbocycles. The number of nitrogens with zero attached hydrogens (tertiary/aromatic N) is 1. The quantitative estimate of drug-likeness (QED) is 0.369. The minimum Gasteiger partial charge on any atom is -0.391 e. The number of aliphatic hydroxyl groups is 1. The normalized spacial score (nSPS) is 43.0. The smallest absolute Gasteiger partial charge is 0.246 e. The second kappa shape index (κ2) is 11.2. The number of amides is 2. The molecule has 4 N–H and O–H groups in total. The van der Waals surface area contributed by atoms with E-state index < -0.39 is 28.7 Å². The molecule has 0 spiro atoms. The Hall–Kier alpha value is -1.00. The van der Waals surface area contributed by atoms with Crippen molar-refractivity contribution in [3.63, 3.8) is 0 Å². The summed E-state index contributed by atoms with van der Waals surface area (Å²) in [7, 11) is 0. The first kappa shape index (κ1) is 27.6. The van der Waals surface area contributed by atoms with Crippen LogP contribution in [0.3, 0.4) is 0 Å². The predicted molar refractivity (Wildman–Crippen MR) is 139 cm³/mol. The van der Waals surface area contributed by atoms with E-state index in [-0.39, 0.29) is 42.9 Å². The van der Waals surface area contributed by atoms with Gasteiger partial charge in [0.05, 0.1) is 29.0 Å². The molecule has 6 fully saturated rings. The molecule has 210 valence electrons. The molecule has 1 saturated heterocycles. The Bertz CT molecular complexity index is 835. The van der Waals surface area contributed by atoms with Gasteiger partial charge in [-0.15, -0.1) is 11.6 Å². The lowest BCUT2D eigenvalue weighted by atomic mass is 9.59. The van der Waals surface area contributed by atoms with Crippen molar-refractivity contribution in [3.8, 4) is 0 Å². The van der Waals surface area contributed by atoms with Crippen molar-refractivity contribution < 1.29 is 23.8 Å². The van der Waals surface area contributed by atoms with Gasteiger partial charge >= 0.3 is 0 Å². The molecule has 5 aliphatic carbocycles. The van der Waals surface area contributed by atoms with Gasteiger partial charge in [0, 0.05) is 30.6 Å². The lowest BCUT2D eigenvalue weighted by molar-refractivity contribution is -0.140. The molecule has 10 heteroatoms. The average molecular weight is 543 g/mol. The maximum absolute atomic E-state index is 13.9. The monoisotopic (exact) mass is 542 g/mol. The van der Waals surface area contributed by atoms with E-state index in [2.05, 4.69) is 28.0 Å². The molecule has 6 atom stereocenters. The molecule has 6 aliphatic rings. The van der Waals surface area contributed by atoms with Crippen LogP contribution in [0.15, 0.2) is 0 Å². The Morgan fingerprint density at radius 2 is 1.84 bits per heavy atom. The van der Waals surface area contributed by atoms with Crippen molar-refractivity contribution in [2.24, 2.45) is 5.92 Å². The van der Waals surface area contributed by atoms with Crippen molar-refractivity contribution in [2.45, 2.75) is 137 Å². The molecule has 6 rings (SSSR count). The maximum Gasteiger partial charge on any atom is 0.246 e. The first-order chi connectivity index (χ1) is 17.7. The molecule has 0 radical (unpaired) electrons. The Balaban J connectivity index is 1.11. The van der Waals surface area contributed by atoms with E-state index in [0.29, 0.717) is 57.5 Å². The zero-order valence-electron chi connectivity index (χ0n) is 22.0. The van der Waals surface area contributed by atoms with Crippen LogP contribution >= 0.6 is 11.6 Å². The van der Waals surface area contributed by atoms with Crippen LogP contribution in [0.25, 0.3) is 0 Å². The third kappa shape index (κ3) is 5.81. The Morgan fingerprint density at radius 1 is 1.11 bits per heavy atom. The van der Waals surface area contributed by atoms with Crippen LogP contribution in [0.5, 0.6) is 0 Å². The Kier molecular flexibility index (Phi) is 8.37. The minimum atomic E-state index is -1.10. The predicted octanol–water partition coefficient (Wildman–Crippen LogP) is 2.71. The molecule has 5 saturated carbocycles. The van der Waals surface area contributed by atoms with E-state index in [1.54, 1.807) is 0 Å². The summed E-state index contributed by atoms with van der Waals surface area (Å²) in [6.45, 7) is 2.64. The Labute approximate surface area is 224 Å². The van der Waals surface area contributed by atoms with E-state index in [1.807, 2.05) is 0 Å². The molecule has 37 heavy (non-hydrogen) atoms. The van der Waals surface area contributed by atoms with Gasteiger partial charge < -0.3 is 20.5 Å². The molecular formula is C27H44ClFN4O4. The third-order valence-electron chi connectivity index (χ3n) is 10.0. The zero-order chi connectivity index (χ0) is 26.2. The highest BCUT2D eigenvalue weighted by Gasteiger charge is 2.56. The van der Waals surface area contributed by atoms with E-state index in [0.717, 1.165) is 0 Å². The molecular weight excluding hydrogens is 499 g/mol. The molecule has 1 heterocycles. The van der Waals surface area contributed by atoms with Gasteiger partial charge in [-0.25, -0.2) is 9.40 Å². The van der Waals surface area contributed by atoms with Crippen LogP contribution in [0.1, 0.15) is 90.4 Å². The summed E-state index contributed by atoms with van der Waals surface area (Å²) in [5.41, 5.74) is 2.37. The van der Waals surface area contributed by atoms with Crippen LogP contribution < -0.4 is 16.1 Å². The summed E-state index contributed by atoms with van der Waals surface area (Å²) in [4.78, 5) is 26.1. The lowest BCUT2D eigenvalue weighted by Gasteiger charge is -2.56. The highest BCUT2D eigenvalue weighted by atomic mass is 35.5. The number of hydrogen-bond donors (Lipinski definition) is 4. The van der Waals surface area contributed by atoms with Crippen LogP contribution in [-0.2, 0) is 14.3 Å². The van der Waals surface area contributed by atoms with Crippen LogP contribution in [0.2, 0.25) is 0 Å². The number of halogens is 2. The highest BCUT2D eigenvalue weighted by molar-refractivity contribution is 6.21. The molecule has 2 amide bonds. The highest BCUT2D eigenvalue weighted by Crippen LogP contribution is 2.47. The minimum absolute atomic E-state index is 0.0158. The second-order valence-corrected chi connectivity index (χ2v) is 12.9. The van der Waals surface area contributed by atoms with E-state index >= 15 is 0 Å². The van der Waals surface area contributed by atoms with E-state index in [4.69, 9.17) is 16.3 Å². The molecule has 1 aliphatic heterocycles. The summed E-state index contributed by atoms with van der Waals surface area (Å²) >= 11 is 5.94. The largest absolute Gasteiger partial charge is 0.391 e. The van der Waals surface area contributed by atoms with Crippen LogP contribution in [0.4, 0.5) is 4.39 Å². The summed E-state index contributed by atoms with van der Waals surface area (Å²) < 4.78 is 19.5. The van der Waals surface area contributed by atoms with Gasteiger partial charge in [-0.1, -0.05) is 19.3 Å². The number of hydrogen-bond acceptors (Lipinski definition) is 6. The number of carbonyl (C=O) groups excluding carboxylic acids is 2. The van der Waals surface area contributed by atoms with Gasteiger partial charge in [0.1, 0.15) is 12.8 Å². The van der Waals surface area contributed by atoms with Crippen LogP contribution in [0, 0.1) is 5.92 Å². The number of carbonyl (C=O) groups is 2. The number of ether oxygens (including phenoxy) is 1. The first-order valence-electron chi connectivity index (χ1n) is 14.4. The van der Waals surface area contributed by atoms with Crippen LogP contribution in [-0.4, -0.2) is 82.0 Å². The fourth-order valence-corrected chi connectivity index (χ4v) is 7.79. The molecule has 0 aromatic heterocycles. The van der Waals surface area contributed by atoms with Crippen molar-refractivity contribution in [3.05, 3.63) is 0 Å². The fourth-order valence-electron chi connectivity index (χ4n) is 7.56. The van der Waals surface area contributed by atoms with E-state index in [1.165, 1.54) is 32.1 Å². The average Bonchev–Trinajstić information content (AvgIpc) is 3.28. The number of hydrazine groups is 1. The number of nitrogens with one attached hydrogen (secondary N) is 3. The lowest BCUT2D eigenvalue weighted by Crippen LogP contribution is -2.71. The topological polar surface area (TPSA) is 103 Å². The number of alkyl halides is 2. The molecule has 8 nitrogen and oxygen atoms in total.